The fourth-order valence-electron chi connectivity index (χ4n) is 0.856. The molecule has 0 aliphatic rings. The number of thiophene rings is 1. The molecule has 1 rings (SSSR count). The van der Waals surface area contributed by atoms with E-state index in [-0.39, 0.29) is 11.7 Å². The predicted molar refractivity (Wildman–Crippen MR) is 52.6 cm³/mol. The van der Waals surface area contributed by atoms with Gasteiger partial charge in [-0.25, -0.2) is 0 Å². The van der Waals surface area contributed by atoms with Gasteiger partial charge >= 0.3 is 0 Å². The Morgan fingerprint density at radius 1 is 1.67 bits per heavy atom. The SMILES string of the molecule is C=C(C)C(C)C(=O)c1cccs1. The molecule has 1 unspecified atom stereocenters. The van der Waals surface area contributed by atoms with Gasteiger partial charge in [-0.3, -0.25) is 4.79 Å². The smallest absolute Gasteiger partial charge is 0.179 e. The number of rotatable bonds is 3. The van der Waals surface area contributed by atoms with Crippen molar-refractivity contribution in [2.45, 2.75) is 13.8 Å². The van der Waals surface area contributed by atoms with Crippen LogP contribution in [0.3, 0.4) is 0 Å². The molecule has 0 fully saturated rings. The molecule has 0 bridgehead atoms. The molecule has 2 heteroatoms. The minimum Gasteiger partial charge on any atom is -0.293 e. The summed E-state index contributed by atoms with van der Waals surface area (Å²) < 4.78 is 0. The molecular formula is C10H12OS. The van der Waals surface area contributed by atoms with E-state index < -0.39 is 0 Å². The van der Waals surface area contributed by atoms with Gasteiger partial charge in [0.05, 0.1) is 4.88 Å². The van der Waals surface area contributed by atoms with E-state index in [1.807, 2.05) is 31.4 Å². The normalized spacial score (nSPS) is 12.5. The molecule has 0 N–H and O–H groups in total. The van der Waals surface area contributed by atoms with Crippen LogP contribution in [0, 0.1) is 5.92 Å². The molecule has 0 aliphatic heterocycles. The van der Waals surface area contributed by atoms with Crippen molar-refractivity contribution in [3.8, 4) is 0 Å². The Morgan fingerprint density at radius 3 is 2.75 bits per heavy atom. The van der Waals surface area contributed by atoms with Crippen molar-refractivity contribution in [1.82, 2.24) is 0 Å². The van der Waals surface area contributed by atoms with Crippen LogP contribution >= 0.6 is 11.3 Å². The van der Waals surface area contributed by atoms with Gasteiger partial charge in [0.15, 0.2) is 5.78 Å². The largest absolute Gasteiger partial charge is 0.293 e. The summed E-state index contributed by atoms with van der Waals surface area (Å²) >= 11 is 1.49. The number of ketones is 1. The topological polar surface area (TPSA) is 17.1 Å². The maximum absolute atomic E-state index is 11.6. The van der Waals surface area contributed by atoms with E-state index in [1.165, 1.54) is 11.3 Å². The number of allylic oxidation sites excluding steroid dienone is 1. The number of Topliss-reactive ketones (excluding diaryl/α,β-unsaturated/α-hetero) is 1. The van der Waals surface area contributed by atoms with E-state index in [9.17, 15) is 4.79 Å². The summed E-state index contributed by atoms with van der Waals surface area (Å²) in [5, 5.41) is 1.92. The fourth-order valence-corrected chi connectivity index (χ4v) is 1.61. The van der Waals surface area contributed by atoms with Crippen LogP contribution in [0.2, 0.25) is 0 Å². The molecule has 0 amide bonds. The molecule has 1 atom stereocenters. The molecule has 1 heterocycles. The van der Waals surface area contributed by atoms with Gasteiger partial charge in [0.1, 0.15) is 0 Å². The highest BCUT2D eigenvalue weighted by atomic mass is 32.1. The molecule has 1 nitrogen and oxygen atoms in total. The summed E-state index contributed by atoms with van der Waals surface area (Å²) in [4.78, 5) is 12.4. The third kappa shape index (κ3) is 1.83. The van der Waals surface area contributed by atoms with Gasteiger partial charge in [-0.1, -0.05) is 25.1 Å². The highest BCUT2D eigenvalue weighted by Gasteiger charge is 2.15. The van der Waals surface area contributed by atoms with Gasteiger partial charge in [-0.2, -0.15) is 0 Å². The van der Waals surface area contributed by atoms with Crippen LogP contribution in [-0.4, -0.2) is 5.78 Å². The summed E-state index contributed by atoms with van der Waals surface area (Å²) in [5.74, 6) is 0.126. The Hall–Kier alpha value is -0.890. The van der Waals surface area contributed by atoms with Gasteiger partial charge in [-0.05, 0) is 18.4 Å². The lowest BCUT2D eigenvalue weighted by Crippen LogP contribution is -2.10. The Kier molecular flexibility index (Phi) is 2.82. The van der Waals surface area contributed by atoms with Crippen molar-refractivity contribution in [3.63, 3.8) is 0 Å². The average Bonchev–Trinajstić information content (AvgIpc) is 2.53. The third-order valence-electron chi connectivity index (χ3n) is 1.90. The van der Waals surface area contributed by atoms with Gasteiger partial charge in [-0.15, -0.1) is 11.3 Å². The zero-order valence-corrected chi connectivity index (χ0v) is 8.15. The van der Waals surface area contributed by atoms with Crippen LogP contribution in [0.25, 0.3) is 0 Å². The maximum atomic E-state index is 11.6. The first kappa shape index (κ1) is 9.20. The fraction of sp³-hybridized carbons (Fsp3) is 0.300. The average molecular weight is 180 g/mol. The summed E-state index contributed by atoms with van der Waals surface area (Å²) in [7, 11) is 0. The molecule has 1 aromatic rings. The van der Waals surface area contributed by atoms with Crippen LogP contribution in [0.15, 0.2) is 29.7 Å². The van der Waals surface area contributed by atoms with Crippen molar-refractivity contribution in [2.75, 3.05) is 0 Å². The van der Waals surface area contributed by atoms with Crippen molar-refractivity contribution < 1.29 is 4.79 Å². The number of hydrogen-bond donors (Lipinski definition) is 0. The number of hydrogen-bond acceptors (Lipinski definition) is 2. The van der Waals surface area contributed by atoms with E-state index in [4.69, 9.17) is 0 Å². The van der Waals surface area contributed by atoms with Crippen molar-refractivity contribution in [1.29, 1.82) is 0 Å². The minimum absolute atomic E-state index is 0.0522. The third-order valence-corrected chi connectivity index (χ3v) is 2.78. The van der Waals surface area contributed by atoms with Crippen LogP contribution in [0.4, 0.5) is 0 Å². The lowest BCUT2D eigenvalue weighted by molar-refractivity contribution is 0.0952. The Labute approximate surface area is 76.7 Å². The predicted octanol–water partition coefficient (Wildman–Crippen LogP) is 3.14. The van der Waals surface area contributed by atoms with Crippen LogP contribution in [0.1, 0.15) is 23.5 Å². The zero-order chi connectivity index (χ0) is 9.14. The molecule has 0 radical (unpaired) electrons. The van der Waals surface area contributed by atoms with Gasteiger partial charge in [0, 0.05) is 5.92 Å². The van der Waals surface area contributed by atoms with Crippen molar-refractivity contribution in [3.05, 3.63) is 34.5 Å². The van der Waals surface area contributed by atoms with Crippen molar-refractivity contribution in [2.24, 2.45) is 5.92 Å². The minimum atomic E-state index is -0.0522. The van der Waals surface area contributed by atoms with Gasteiger partial charge in [0.2, 0.25) is 0 Å². The highest BCUT2D eigenvalue weighted by molar-refractivity contribution is 7.12. The Morgan fingerprint density at radius 2 is 2.33 bits per heavy atom. The molecule has 1 aromatic heterocycles. The monoisotopic (exact) mass is 180 g/mol. The lowest BCUT2D eigenvalue weighted by atomic mass is 9.98. The second-order valence-electron chi connectivity index (χ2n) is 2.91. The van der Waals surface area contributed by atoms with Crippen LogP contribution < -0.4 is 0 Å². The van der Waals surface area contributed by atoms with E-state index in [1.54, 1.807) is 0 Å². The second-order valence-corrected chi connectivity index (χ2v) is 3.86. The Balaban J connectivity index is 2.79. The summed E-state index contributed by atoms with van der Waals surface area (Å²) in [6.45, 7) is 7.55. The zero-order valence-electron chi connectivity index (χ0n) is 7.33. The number of carbonyl (C=O) groups excluding carboxylic acids is 1. The molecule has 0 aromatic carbocycles. The molecule has 0 saturated carbocycles. The standard InChI is InChI=1S/C10H12OS/c1-7(2)8(3)10(11)9-5-4-6-12-9/h4-6,8H,1H2,2-3H3. The lowest BCUT2D eigenvalue weighted by Gasteiger charge is -2.07. The molecule has 12 heavy (non-hydrogen) atoms. The first-order valence-corrected chi connectivity index (χ1v) is 4.74. The van der Waals surface area contributed by atoms with Gasteiger partial charge in [0.25, 0.3) is 0 Å². The maximum Gasteiger partial charge on any atom is 0.179 e. The summed E-state index contributed by atoms with van der Waals surface area (Å²) in [5.41, 5.74) is 0.924. The molecule has 0 aliphatic carbocycles. The molecule has 64 valence electrons. The van der Waals surface area contributed by atoms with Crippen LogP contribution in [-0.2, 0) is 0 Å². The van der Waals surface area contributed by atoms with Crippen LogP contribution in [0.5, 0.6) is 0 Å². The molecular weight excluding hydrogens is 168 g/mol. The highest BCUT2D eigenvalue weighted by Crippen LogP contribution is 2.18. The van der Waals surface area contributed by atoms with E-state index in [0.29, 0.717) is 0 Å². The van der Waals surface area contributed by atoms with Gasteiger partial charge < -0.3 is 0 Å². The van der Waals surface area contributed by atoms with E-state index in [2.05, 4.69) is 6.58 Å². The first-order chi connectivity index (χ1) is 5.63. The van der Waals surface area contributed by atoms with E-state index >= 15 is 0 Å². The second kappa shape index (κ2) is 3.68. The van der Waals surface area contributed by atoms with Crippen molar-refractivity contribution >= 4 is 17.1 Å². The summed E-state index contributed by atoms with van der Waals surface area (Å²) in [6.07, 6.45) is 0. The molecule has 0 saturated heterocycles. The first-order valence-electron chi connectivity index (χ1n) is 3.86. The van der Waals surface area contributed by atoms with E-state index in [0.717, 1.165) is 10.5 Å². The molecule has 0 spiro atoms. The Bertz CT molecular complexity index is 285. The summed E-state index contributed by atoms with van der Waals surface area (Å²) in [6, 6.07) is 3.75. The number of carbonyl (C=O) groups is 1. The quantitative estimate of drug-likeness (QED) is 0.516.